The third-order valence-corrected chi connectivity index (χ3v) is 5.11. The Morgan fingerprint density at radius 2 is 2.00 bits per heavy atom. The van der Waals surface area contributed by atoms with Crippen LogP contribution < -0.4 is 4.80 Å². The van der Waals surface area contributed by atoms with E-state index in [0.717, 1.165) is 21.7 Å². The van der Waals surface area contributed by atoms with Crippen LogP contribution in [0.4, 0.5) is 11.4 Å². The van der Waals surface area contributed by atoms with Gasteiger partial charge in [-0.2, -0.15) is 0 Å². The summed E-state index contributed by atoms with van der Waals surface area (Å²) in [5.74, 6) is 0.479. The molecule has 0 spiro atoms. The molecule has 0 aliphatic carbocycles. The molecule has 5 nitrogen and oxygen atoms in total. The molecule has 0 unspecified atom stereocenters. The predicted molar refractivity (Wildman–Crippen MR) is 110 cm³/mol. The van der Waals surface area contributed by atoms with Gasteiger partial charge in [0.15, 0.2) is 4.80 Å². The molecule has 0 bridgehead atoms. The fourth-order valence-corrected chi connectivity index (χ4v) is 3.72. The first-order chi connectivity index (χ1) is 13.0. The molecule has 2 aromatic carbocycles. The van der Waals surface area contributed by atoms with Gasteiger partial charge in [0.1, 0.15) is 0 Å². The first-order valence-electron chi connectivity index (χ1n) is 8.68. The minimum absolute atomic E-state index is 0.0756. The maximum atomic E-state index is 11.1. The van der Waals surface area contributed by atoms with Gasteiger partial charge in [-0.15, -0.1) is 17.9 Å². The lowest BCUT2D eigenvalue weighted by atomic mass is 10.0. The van der Waals surface area contributed by atoms with Crippen molar-refractivity contribution in [2.75, 3.05) is 0 Å². The van der Waals surface area contributed by atoms with Crippen LogP contribution in [-0.2, 0) is 6.54 Å². The van der Waals surface area contributed by atoms with Crippen LogP contribution in [-0.4, -0.2) is 9.49 Å². The van der Waals surface area contributed by atoms with Crippen LogP contribution in [0.2, 0.25) is 0 Å². The van der Waals surface area contributed by atoms with Crippen LogP contribution in [0.15, 0.2) is 71.6 Å². The topological polar surface area (TPSA) is 60.4 Å². The highest BCUT2D eigenvalue weighted by Gasteiger charge is 2.11. The summed E-state index contributed by atoms with van der Waals surface area (Å²) in [4.78, 5) is 16.3. The van der Waals surface area contributed by atoms with E-state index in [1.807, 2.05) is 28.1 Å². The van der Waals surface area contributed by atoms with E-state index in [0.29, 0.717) is 12.5 Å². The maximum absolute atomic E-state index is 11.1. The molecule has 27 heavy (non-hydrogen) atoms. The van der Waals surface area contributed by atoms with Crippen LogP contribution in [0, 0.1) is 10.1 Å². The number of thiazole rings is 1. The maximum Gasteiger partial charge on any atom is 0.270 e. The van der Waals surface area contributed by atoms with E-state index < -0.39 is 0 Å². The van der Waals surface area contributed by atoms with Gasteiger partial charge in [0.2, 0.25) is 0 Å². The molecule has 0 radical (unpaired) electrons. The van der Waals surface area contributed by atoms with E-state index in [1.165, 1.54) is 23.0 Å². The Bertz CT molecular complexity index is 1030. The molecule has 6 heteroatoms. The van der Waals surface area contributed by atoms with E-state index in [1.54, 1.807) is 18.2 Å². The van der Waals surface area contributed by atoms with Crippen molar-refractivity contribution in [3.63, 3.8) is 0 Å². The fourth-order valence-electron chi connectivity index (χ4n) is 2.78. The fraction of sp³-hybridized carbons (Fsp3) is 0.190. The number of nitro groups is 1. The summed E-state index contributed by atoms with van der Waals surface area (Å²) in [5, 5.41) is 13.1. The summed E-state index contributed by atoms with van der Waals surface area (Å²) in [7, 11) is 0. The number of nitro benzene ring substituents is 1. The van der Waals surface area contributed by atoms with Crippen LogP contribution in [0.3, 0.4) is 0 Å². The van der Waals surface area contributed by atoms with Gasteiger partial charge in [-0.1, -0.05) is 44.2 Å². The Balaban J connectivity index is 2.06. The third-order valence-electron chi connectivity index (χ3n) is 4.25. The average molecular weight is 379 g/mol. The molecule has 3 rings (SSSR count). The standard InChI is InChI=1S/C21H21N3O2S/c1-4-12-23-20(17-6-5-7-19(13-17)24(25)26)14-27-21(23)22-18-10-8-16(9-11-18)15(2)3/h4-11,13-15H,1,12H2,2-3H3. The van der Waals surface area contributed by atoms with Crippen LogP contribution in [0.5, 0.6) is 0 Å². The first-order valence-corrected chi connectivity index (χ1v) is 9.56. The lowest BCUT2D eigenvalue weighted by molar-refractivity contribution is -0.384. The van der Waals surface area contributed by atoms with Crippen LogP contribution >= 0.6 is 11.3 Å². The number of allylic oxidation sites excluding steroid dienone is 1. The van der Waals surface area contributed by atoms with Crippen molar-refractivity contribution >= 4 is 22.7 Å². The number of nitrogens with zero attached hydrogens (tertiary/aromatic N) is 3. The van der Waals surface area contributed by atoms with Gasteiger partial charge in [-0.05, 0) is 23.6 Å². The molecule has 0 aliphatic heterocycles. The third kappa shape index (κ3) is 4.23. The highest BCUT2D eigenvalue weighted by molar-refractivity contribution is 7.07. The highest BCUT2D eigenvalue weighted by atomic mass is 32.1. The Morgan fingerprint density at radius 1 is 1.26 bits per heavy atom. The number of benzene rings is 2. The van der Waals surface area contributed by atoms with Gasteiger partial charge in [0.25, 0.3) is 5.69 Å². The van der Waals surface area contributed by atoms with Gasteiger partial charge >= 0.3 is 0 Å². The minimum atomic E-state index is -0.380. The SMILES string of the molecule is C=CCn1c(-c2cccc([N+](=O)[O-])c2)csc1=Nc1ccc(C(C)C)cc1. The zero-order valence-corrected chi connectivity index (χ0v) is 16.1. The molecule has 1 aromatic heterocycles. The molecule has 0 saturated carbocycles. The van der Waals surface area contributed by atoms with Crippen molar-refractivity contribution < 1.29 is 4.92 Å². The highest BCUT2D eigenvalue weighted by Crippen LogP contribution is 2.25. The summed E-state index contributed by atoms with van der Waals surface area (Å²) >= 11 is 1.51. The zero-order valence-electron chi connectivity index (χ0n) is 15.3. The smallest absolute Gasteiger partial charge is 0.270 e. The summed E-state index contributed by atoms with van der Waals surface area (Å²) in [6.45, 7) is 8.73. The Hall–Kier alpha value is -2.99. The quantitative estimate of drug-likeness (QED) is 0.315. The van der Waals surface area contributed by atoms with Crippen LogP contribution in [0.1, 0.15) is 25.3 Å². The van der Waals surface area contributed by atoms with E-state index in [9.17, 15) is 10.1 Å². The summed E-state index contributed by atoms with van der Waals surface area (Å²) in [6, 6.07) is 14.9. The van der Waals surface area contributed by atoms with Crippen molar-refractivity contribution in [1.82, 2.24) is 4.57 Å². The molecule has 0 saturated heterocycles. The molecule has 138 valence electrons. The van der Waals surface area contributed by atoms with E-state index >= 15 is 0 Å². The van der Waals surface area contributed by atoms with Crippen molar-refractivity contribution in [2.45, 2.75) is 26.3 Å². The minimum Gasteiger partial charge on any atom is -0.313 e. The van der Waals surface area contributed by atoms with Gasteiger partial charge in [0, 0.05) is 29.6 Å². The Morgan fingerprint density at radius 3 is 2.63 bits per heavy atom. The number of hydrogen-bond donors (Lipinski definition) is 0. The number of rotatable bonds is 6. The largest absolute Gasteiger partial charge is 0.313 e. The zero-order chi connectivity index (χ0) is 19.4. The average Bonchev–Trinajstić information content (AvgIpc) is 3.05. The number of non-ortho nitro benzene ring substituents is 1. The van der Waals surface area contributed by atoms with E-state index in [2.05, 4.69) is 32.6 Å². The van der Waals surface area contributed by atoms with Gasteiger partial charge in [-0.25, -0.2) is 4.99 Å². The summed E-state index contributed by atoms with van der Waals surface area (Å²) in [6.07, 6.45) is 1.80. The second-order valence-corrected chi connectivity index (χ2v) is 7.30. The Kier molecular flexibility index (Phi) is 5.66. The van der Waals surface area contributed by atoms with Crippen molar-refractivity contribution in [3.8, 4) is 11.3 Å². The molecule has 0 aliphatic rings. The van der Waals surface area contributed by atoms with E-state index in [4.69, 9.17) is 4.99 Å². The van der Waals surface area contributed by atoms with Crippen molar-refractivity contribution in [1.29, 1.82) is 0 Å². The Labute approximate surface area is 162 Å². The van der Waals surface area contributed by atoms with Crippen molar-refractivity contribution in [3.05, 3.63) is 87.0 Å². The summed E-state index contributed by atoms with van der Waals surface area (Å²) in [5.41, 5.74) is 3.91. The molecule has 0 fully saturated rings. The van der Waals surface area contributed by atoms with Gasteiger partial charge in [0.05, 0.1) is 16.3 Å². The normalized spacial score (nSPS) is 11.7. The van der Waals surface area contributed by atoms with E-state index in [-0.39, 0.29) is 10.6 Å². The lowest BCUT2D eigenvalue weighted by Crippen LogP contribution is -2.14. The lowest BCUT2D eigenvalue weighted by Gasteiger charge is -2.07. The second kappa shape index (κ2) is 8.14. The number of aromatic nitrogens is 1. The molecular formula is C21H21N3O2S. The first kappa shape index (κ1) is 18.8. The molecule has 0 N–H and O–H groups in total. The second-order valence-electron chi connectivity index (χ2n) is 6.47. The van der Waals surface area contributed by atoms with Crippen LogP contribution in [0.25, 0.3) is 11.3 Å². The monoisotopic (exact) mass is 379 g/mol. The molecule has 0 amide bonds. The molecular weight excluding hydrogens is 358 g/mol. The predicted octanol–water partition coefficient (Wildman–Crippen LogP) is 5.67. The summed E-state index contributed by atoms with van der Waals surface area (Å²) < 4.78 is 2.02. The number of hydrogen-bond acceptors (Lipinski definition) is 4. The van der Waals surface area contributed by atoms with Gasteiger partial charge in [-0.3, -0.25) is 10.1 Å². The van der Waals surface area contributed by atoms with Crippen molar-refractivity contribution in [2.24, 2.45) is 4.99 Å². The molecule has 3 aromatic rings. The molecule has 0 atom stereocenters. The van der Waals surface area contributed by atoms with Gasteiger partial charge < -0.3 is 4.57 Å². The molecule has 1 heterocycles.